The Balaban J connectivity index is 2.14. The molecule has 0 aromatic rings. The molecule has 1 heteroatoms. The molecule has 1 radical (unpaired) electrons. The zero-order valence-electron chi connectivity index (χ0n) is 8.80. The third-order valence-electron chi connectivity index (χ3n) is 2.59. The van der Waals surface area contributed by atoms with E-state index in [2.05, 4.69) is 49.6 Å². The lowest BCUT2D eigenvalue weighted by Crippen LogP contribution is -2.07. The highest BCUT2D eigenvalue weighted by atomic mass is 28.2. The summed E-state index contributed by atoms with van der Waals surface area (Å²) in [7, 11) is -0.305. The molecule has 0 atom stereocenters. The third-order valence-corrected chi connectivity index (χ3v) is 4.16. The first-order chi connectivity index (χ1) is 6.77. The van der Waals surface area contributed by atoms with Crippen molar-refractivity contribution in [3.05, 3.63) is 47.6 Å². The molecule has 2 aliphatic carbocycles. The molecule has 0 aromatic carbocycles. The average Bonchev–Trinajstić information content (AvgIpc) is 2.75. The lowest BCUT2D eigenvalue weighted by molar-refractivity contribution is 1.22. The third kappa shape index (κ3) is 1.93. The summed E-state index contributed by atoms with van der Waals surface area (Å²) in [6, 6.07) is 0. The minimum atomic E-state index is -0.305. The van der Waals surface area contributed by atoms with Crippen LogP contribution < -0.4 is 0 Å². The molecule has 0 N–H and O–H groups in total. The van der Waals surface area contributed by atoms with Gasteiger partial charge in [0.25, 0.3) is 0 Å². The first-order valence-electron chi connectivity index (χ1n) is 5.08. The summed E-state index contributed by atoms with van der Waals surface area (Å²) in [5.74, 6) is 0. The van der Waals surface area contributed by atoms with Crippen molar-refractivity contribution >= 4 is 13.6 Å². The fourth-order valence-corrected chi connectivity index (χ4v) is 3.12. The lowest BCUT2D eigenvalue weighted by atomic mass is 10.1. The average molecular weight is 199 g/mol. The molecule has 0 bridgehead atoms. The highest BCUT2D eigenvalue weighted by Gasteiger charge is 2.10. The Labute approximate surface area is 87.6 Å². The maximum atomic E-state index is 3.38. The molecule has 0 amide bonds. The van der Waals surface area contributed by atoms with E-state index in [4.69, 9.17) is 0 Å². The second-order valence-corrected chi connectivity index (χ2v) is 6.49. The second kappa shape index (κ2) is 4.05. The smallest absolute Gasteiger partial charge is 0.0132 e. The molecular formula is C13H15Si. The second-order valence-electron chi connectivity index (χ2n) is 3.95. The monoisotopic (exact) mass is 199 g/mol. The zero-order chi connectivity index (χ0) is 9.97. The van der Waals surface area contributed by atoms with E-state index < -0.39 is 0 Å². The molecule has 0 saturated carbocycles. The Bertz CT molecular complexity index is 385. The van der Waals surface area contributed by atoms with Gasteiger partial charge in [-0.3, -0.25) is 0 Å². The van der Waals surface area contributed by atoms with Gasteiger partial charge in [0.2, 0.25) is 0 Å². The van der Waals surface area contributed by atoms with Gasteiger partial charge in [-0.2, -0.15) is 0 Å². The maximum absolute atomic E-state index is 3.38. The van der Waals surface area contributed by atoms with Gasteiger partial charge in [0, 0.05) is 8.41 Å². The van der Waals surface area contributed by atoms with Gasteiger partial charge in [0.1, 0.15) is 0 Å². The molecule has 0 spiro atoms. The predicted molar refractivity (Wildman–Crippen MR) is 64.8 cm³/mol. The van der Waals surface area contributed by atoms with E-state index in [1.807, 2.05) is 0 Å². The van der Waals surface area contributed by atoms with Gasteiger partial charge in [0.15, 0.2) is 0 Å². The van der Waals surface area contributed by atoms with E-state index in [9.17, 15) is 0 Å². The summed E-state index contributed by atoms with van der Waals surface area (Å²) in [6.45, 7) is 4.71. The van der Waals surface area contributed by atoms with Gasteiger partial charge in [-0.1, -0.05) is 43.5 Å². The largest absolute Gasteiger partial charge is 0.0798 e. The van der Waals surface area contributed by atoms with Crippen LogP contribution in [0.5, 0.6) is 0 Å². The van der Waals surface area contributed by atoms with E-state index in [1.54, 1.807) is 5.17 Å². The van der Waals surface area contributed by atoms with Crippen LogP contribution in [0.2, 0.25) is 13.1 Å². The summed E-state index contributed by atoms with van der Waals surface area (Å²) >= 11 is 0. The van der Waals surface area contributed by atoms with Crippen LogP contribution >= 0.6 is 0 Å². The first kappa shape index (κ1) is 9.60. The zero-order valence-corrected chi connectivity index (χ0v) is 9.80. The van der Waals surface area contributed by atoms with Gasteiger partial charge < -0.3 is 0 Å². The number of hydrogen-bond donors (Lipinski definition) is 0. The summed E-state index contributed by atoms with van der Waals surface area (Å²) in [6.07, 6.45) is 16.6. The van der Waals surface area contributed by atoms with Gasteiger partial charge in [0.05, 0.1) is 0 Å². The summed E-state index contributed by atoms with van der Waals surface area (Å²) in [5.41, 5.74) is 2.87. The molecule has 0 nitrogen and oxygen atoms in total. The minimum Gasteiger partial charge on any atom is -0.0798 e. The minimum absolute atomic E-state index is 0.305. The van der Waals surface area contributed by atoms with E-state index in [-0.39, 0.29) is 8.41 Å². The van der Waals surface area contributed by atoms with Crippen molar-refractivity contribution in [3.63, 3.8) is 0 Å². The van der Waals surface area contributed by atoms with Gasteiger partial charge in [-0.15, -0.1) is 0 Å². The van der Waals surface area contributed by atoms with E-state index in [0.29, 0.717) is 0 Å². The van der Waals surface area contributed by atoms with Crippen LogP contribution in [0.1, 0.15) is 12.8 Å². The number of hydrogen-bond acceptors (Lipinski definition) is 0. The molecule has 0 fully saturated rings. The fourth-order valence-electron chi connectivity index (χ4n) is 1.88. The van der Waals surface area contributed by atoms with Crippen molar-refractivity contribution < 1.29 is 0 Å². The highest BCUT2D eigenvalue weighted by molar-refractivity contribution is 6.74. The van der Waals surface area contributed by atoms with Crippen LogP contribution in [0.25, 0.3) is 0 Å². The topological polar surface area (TPSA) is 0 Å². The Morgan fingerprint density at radius 1 is 1.36 bits per heavy atom. The normalized spacial score (nSPS) is 18.9. The van der Waals surface area contributed by atoms with Crippen molar-refractivity contribution in [1.29, 1.82) is 0 Å². The molecule has 14 heavy (non-hydrogen) atoms. The fraction of sp³-hybridized carbons (Fsp3) is 0.308. The van der Waals surface area contributed by atoms with Crippen molar-refractivity contribution in [3.8, 4) is 0 Å². The number of allylic oxidation sites excluding steroid dienone is 8. The van der Waals surface area contributed by atoms with Crippen molar-refractivity contribution in [1.82, 2.24) is 0 Å². The lowest BCUT2D eigenvalue weighted by Gasteiger charge is -2.06. The van der Waals surface area contributed by atoms with Crippen LogP contribution in [0.15, 0.2) is 41.5 Å². The van der Waals surface area contributed by atoms with Crippen molar-refractivity contribution in [2.24, 2.45) is 0 Å². The molecule has 0 aliphatic heterocycles. The maximum Gasteiger partial charge on any atom is 0.0132 e. The van der Waals surface area contributed by atoms with Gasteiger partial charge in [-0.05, 0) is 35.2 Å². The van der Waals surface area contributed by atoms with Crippen molar-refractivity contribution in [2.75, 3.05) is 0 Å². The predicted octanol–water partition coefficient (Wildman–Crippen LogP) is 3.07. The van der Waals surface area contributed by atoms with Gasteiger partial charge >= 0.3 is 0 Å². The standard InChI is InChI=1S/C13H15Si/c1-14(2)13-9-5-8-12(13)10-11-6-3-4-7-11/h3,5-6,8-9H,4,10H2,1-2H3. The summed E-state index contributed by atoms with van der Waals surface area (Å²) < 4.78 is 0. The van der Waals surface area contributed by atoms with E-state index in [0.717, 1.165) is 12.8 Å². The molecule has 0 aromatic heterocycles. The molecule has 0 saturated heterocycles. The molecular weight excluding hydrogens is 184 g/mol. The summed E-state index contributed by atoms with van der Waals surface area (Å²) in [4.78, 5) is 0. The summed E-state index contributed by atoms with van der Waals surface area (Å²) in [5, 5.41) is 1.59. The molecule has 0 heterocycles. The van der Waals surface area contributed by atoms with E-state index in [1.165, 1.54) is 11.1 Å². The Kier molecular flexibility index (Phi) is 2.78. The number of rotatable bonds is 2. The Morgan fingerprint density at radius 2 is 2.21 bits per heavy atom. The molecule has 0 unspecified atom stereocenters. The molecule has 2 rings (SSSR count). The van der Waals surface area contributed by atoms with Crippen LogP contribution in [0, 0.1) is 6.08 Å². The van der Waals surface area contributed by atoms with Crippen LogP contribution in [-0.2, 0) is 0 Å². The van der Waals surface area contributed by atoms with Crippen LogP contribution in [-0.4, -0.2) is 13.6 Å². The van der Waals surface area contributed by atoms with E-state index >= 15 is 0 Å². The Hall–Kier alpha value is -0.953. The highest BCUT2D eigenvalue weighted by Crippen LogP contribution is 2.21. The van der Waals surface area contributed by atoms with Crippen LogP contribution in [0.4, 0.5) is 0 Å². The van der Waals surface area contributed by atoms with Crippen LogP contribution in [0.3, 0.4) is 0 Å². The SMILES string of the molecule is C[Si](C)=C1C=CC=C1CC1=[C]CC=C1. The first-order valence-corrected chi connectivity index (χ1v) is 7.58. The van der Waals surface area contributed by atoms with Crippen molar-refractivity contribution in [2.45, 2.75) is 25.9 Å². The van der Waals surface area contributed by atoms with Gasteiger partial charge in [-0.25, -0.2) is 0 Å². The molecule has 2 aliphatic rings. The quantitative estimate of drug-likeness (QED) is 0.600. The Morgan fingerprint density at radius 3 is 2.86 bits per heavy atom. The molecule has 71 valence electrons.